The zero-order valence-corrected chi connectivity index (χ0v) is 29.1. The highest BCUT2D eigenvalue weighted by molar-refractivity contribution is 7.46. The fraction of sp³-hybridized carbons (Fsp3) is 0.484. The summed E-state index contributed by atoms with van der Waals surface area (Å²) in [6.45, 7) is 1.50. The minimum atomic E-state index is -5.08. The number of carbonyl (C=O) groups is 5. The number of likely N-dealkylation sites (tertiary alicyclic amines) is 1. The van der Waals surface area contributed by atoms with Crippen molar-refractivity contribution < 1.29 is 42.8 Å². The lowest BCUT2D eigenvalue weighted by atomic mass is 9.97. The van der Waals surface area contributed by atoms with E-state index in [-0.39, 0.29) is 38.3 Å². The molecule has 1 aliphatic heterocycles. The number of guanidine groups is 1. The van der Waals surface area contributed by atoms with Gasteiger partial charge in [0, 0.05) is 19.5 Å². The Balaban J connectivity index is 1.89. The Morgan fingerprint density at radius 1 is 1.04 bits per heavy atom. The normalized spacial score (nSPS) is 17.1. The minimum Gasteiger partial charge on any atom is -0.370 e. The summed E-state index contributed by atoms with van der Waals surface area (Å²) in [4.78, 5) is 85.8. The summed E-state index contributed by atoms with van der Waals surface area (Å²) < 4.78 is 16.3. The van der Waals surface area contributed by atoms with Gasteiger partial charge in [-0.25, -0.2) is 4.57 Å². The van der Waals surface area contributed by atoms with Crippen molar-refractivity contribution in [1.82, 2.24) is 26.2 Å². The van der Waals surface area contributed by atoms with Gasteiger partial charge in [-0.15, -0.1) is 11.6 Å². The molecule has 0 bridgehead atoms. The van der Waals surface area contributed by atoms with Crippen molar-refractivity contribution in [3.8, 4) is 0 Å². The molecule has 50 heavy (non-hydrogen) atoms. The number of hydrogen-bond donors (Lipinski definition) is 9. The highest BCUT2D eigenvalue weighted by Gasteiger charge is 2.41. The van der Waals surface area contributed by atoms with Crippen LogP contribution in [0, 0.1) is 5.41 Å². The van der Waals surface area contributed by atoms with Crippen molar-refractivity contribution >= 4 is 65.7 Å². The van der Waals surface area contributed by atoms with Crippen LogP contribution in [-0.2, 0) is 39.5 Å². The van der Waals surface area contributed by atoms with E-state index in [0.717, 1.165) is 10.8 Å². The van der Waals surface area contributed by atoms with Gasteiger partial charge >= 0.3 is 7.82 Å². The van der Waals surface area contributed by atoms with Crippen LogP contribution in [-0.4, -0.2) is 99.4 Å². The molecule has 1 saturated heterocycles. The number of nitrogens with one attached hydrogen (secondary N) is 5. The van der Waals surface area contributed by atoms with Gasteiger partial charge in [0.05, 0.1) is 6.10 Å². The number of nitrogens with zero attached hydrogens (tertiary/aromatic N) is 1. The molecule has 0 saturated carbocycles. The van der Waals surface area contributed by atoms with E-state index in [9.17, 15) is 38.3 Å². The Morgan fingerprint density at radius 2 is 1.74 bits per heavy atom. The van der Waals surface area contributed by atoms with Crippen LogP contribution in [0.1, 0.15) is 44.6 Å². The summed E-state index contributed by atoms with van der Waals surface area (Å²) in [5.74, 6) is -4.68. The zero-order chi connectivity index (χ0) is 37.0. The summed E-state index contributed by atoms with van der Waals surface area (Å²) >= 11 is 5.61. The van der Waals surface area contributed by atoms with Crippen molar-refractivity contribution in [2.45, 2.75) is 75.7 Å². The number of phosphoric acid groups is 1. The molecule has 2 aromatic carbocycles. The summed E-state index contributed by atoms with van der Waals surface area (Å²) in [5, 5.41) is 19.4. The van der Waals surface area contributed by atoms with Gasteiger partial charge in [-0.05, 0) is 55.4 Å². The lowest BCUT2D eigenvalue weighted by Gasteiger charge is -2.38. The van der Waals surface area contributed by atoms with Crippen LogP contribution < -0.4 is 32.7 Å². The highest BCUT2D eigenvalue weighted by atomic mass is 35.5. The van der Waals surface area contributed by atoms with Crippen LogP contribution >= 0.6 is 19.4 Å². The second-order valence-electron chi connectivity index (χ2n) is 11.9. The number of benzene rings is 2. The van der Waals surface area contributed by atoms with Gasteiger partial charge in [0.1, 0.15) is 30.0 Å². The predicted molar refractivity (Wildman–Crippen MR) is 184 cm³/mol. The molecular formula is C31H44ClN8O9P. The monoisotopic (exact) mass is 738 g/mol. The average molecular weight is 739 g/mol. The lowest BCUT2D eigenvalue weighted by molar-refractivity contribution is -0.147. The van der Waals surface area contributed by atoms with Gasteiger partial charge in [-0.3, -0.25) is 33.9 Å². The van der Waals surface area contributed by atoms with Crippen molar-refractivity contribution in [1.29, 1.82) is 5.41 Å². The number of amides is 5. The van der Waals surface area contributed by atoms with E-state index in [4.69, 9.17) is 33.0 Å². The SMILES string of the molecule is CC(OP(=O)(O)O)[C@H](NC(=O)CCl)C(=O)N1CCCC[C@H]1C(=O)N[C@@H](Cc1ccc2ccccc2c1)C(=O)N[C@@H](CCCNC(=N)N)C(N)=O. The van der Waals surface area contributed by atoms with Crippen LogP contribution in [0.5, 0.6) is 0 Å². The summed E-state index contributed by atoms with van der Waals surface area (Å²) in [6, 6.07) is 8.02. The maximum Gasteiger partial charge on any atom is 0.469 e. The molecule has 19 heteroatoms. The number of rotatable bonds is 17. The Kier molecular flexibility index (Phi) is 15.0. The molecule has 17 nitrogen and oxygen atoms in total. The number of hydrogen-bond acceptors (Lipinski definition) is 8. The Hall–Kier alpha value is -4.28. The molecule has 5 atom stereocenters. The van der Waals surface area contributed by atoms with Crippen LogP contribution in [0.2, 0.25) is 0 Å². The molecule has 5 amide bonds. The number of carbonyl (C=O) groups excluding carboxylic acids is 5. The van der Waals surface area contributed by atoms with E-state index < -0.39 is 73.5 Å². The summed E-state index contributed by atoms with van der Waals surface area (Å²) in [6.07, 6.45) is 0.144. The van der Waals surface area contributed by atoms with Crippen molar-refractivity contribution in [2.24, 2.45) is 11.5 Å². The summed E-state index contributed by atoms with van der Waals surface area (Å²) in [7, 11) is -5.08. The molecule has 0 spiro atoms. The first-order valence-corrected chi connectivity index (χ1v) is 18.0. The van der Waals surface area contributed by atoms with Gasteiger partial charge < -0.3 is 47.4 Å². The number of piperidine rings is 1. The second-order valence-corrected chi connectivity index (χ2v) is 13.4. The highest BCUT2D eigenvalue weighted by Crippen LogP contribution is 2.38. The van der Waals surface area contributed by atoms with Crippen LogP contribution in [0.25, 0.3) is 10.8 Å². The fourth-order valence-corrected chi connectivity index (χ4v) is 6.31. The maximum atomic E-state index is 13.9. The number of phosphoric ester groups is 1. The first-order chi connectivity index (χ1) is 23.6. The average Bonchev–Trinajstić information content (AvgIpc) is 3.06. The Morgan fingerprint density at radius 3 is 2.38 bits per heavy atom. The Bertz CT molecular complexity index is 1610. The van der Waals surface area contributed by atoms with E-state index in [1.165, 1.54) is 11.8 Å². The molecule has 2 aromatic rings. The summed E-state index contributed by atoms with van der Waals surface area (Å²) in [5.41, 5.74) is 11.6. The molecule has 0 aromatic heterocycles. The first-order valence-electron chi connectivity index (χ1n) is 15.9. The molecule has 1 fully saturated rings. The quantitative estimate of drug-likeness (QED) is 0.0334. The topological polar surface area (TPSA) is 279 Å². The van der Waals surface area contributed by atoms with Gasteiger partial charge in [0.15, 0.2) is 5.96 Å². The number of alkyl halides is 1. The number of fused-ring (bicyclic) bond motifs is 1. The van der Waals surface area contributed by atoms with E-state index in [1.54, 1.807) is 6.07 Å². The maximum absolute atomic E-state index is 13.9. The number of primary amides is 1. The fourth-order valence-electron chi connectivity index (χ4n) is 5.68. The largest absolute Gasteiger partial charge is 0.469 e. The third-order valence-corrected chi connectivity index (χ3v) is 8.95. The molecule has 0 aliphatic carbocycles. The smallest absolute Gasteiger partial charge is 0.370 e. The minimum absolute atomic E-state index is 0.00200. The van der Waals surface area contributed by atoms with E-state index in [0.29, 0.717) is 24.8 Å². The second kappa shape index (κ2) is 18.6. The number of halogens is 1. The molecule has 1 heterocycles. The van der Waals surface area contributed by atoms with Crippen LogP contribution in [0.3, 0.4) is 0 Å². The molecule has 1 unspecified atom stereocenters. The van der Waals surface area contributed by atoms with E-state index >= 15 is 0 Å². The number of nitrogens with two attached hydrogens (primary N) is 2. The third-order valence-electron chi connectivity index (χ3n) is 8.10. The third kappa shape index (κ3) is 12.2. The first kappa shape index (κ1) is 40.2. The molecule has 1 aliphatic rings. The lowest BCUT2D eigenvalue weighted by Crippen LogP contribution is -2.62. The molecule has 274 valence electrons. The van der Waals surface area contributed by atoms with E-state index in [2.05, 4.69) is 21.3 Å². The Labute approximate surface area is 293 Å². The van der Waals surface area contributed by atoms with Crippen molar-refractivity contribution in [2.75, 3.05) is 19.0 Å². The van der Waals surface area contributed by atoms with Gasteiger partial charge in [-0.1, -0.05) is 42.5 Å². The van der Waals surface area contributed by atoms with Gasteiger partial charge in [0.25, 0.3) is 0 Å². The standard InChI is InChI=1S/C31H44ClN8O9P/c1-18(49-50(46,47)48)26(39-25(41)17-32)30(45)40-14-5-4-10-24(40)29(44)38-23(16-19-11-12-20-7-2-3-8-21(20)15-19)28(43)37-22(27(33)42)9-6-13-36-31(34)35/h2-3,7-8,11-12,15,18,22-24,26H,4-6,9-10,13-14,16-17H2,1H3,(H2,33,42)(H,37,43)(H,38,44)(H,39,41)(H4,34,35,36)(H2,46,47,48)/t18?,22-,23-,24-,26-/m0/s1. The molecule has 11 N–H and O–H groups in total. The van der Waals surface area contributed by atoms with Crippen LogP contribution in [0.4, 0.5) is 0 Å². The van der Waals surface area contributed by atoms with Crippen molar-refractivity contribution in [3.05, 3.63) is 48.0 Å². The van der Waals surface area contributed by atoms with Gasteiger partial charge in [0.2, 0.25) is 29.5 Å². The molecule has 0 radical (unpaired) electrons. The van der Waals surface area contributed by atoms with E-state index in [1.807, 2.05) is 36.4 Å². The molecular weight excluding hydrogens is 695 g/mol. The van der Waals surface area contributed by atoms with Crippen molar-refractivity contribution in [3.63, 3.8) is 0 Å². The zero-order valence-electron chi connectivity index (χ0n) is 27.5. The van der Waals surface area contributed by atoms with Crippen LogP contribution in [0.15, 0.2) is 42.5 Å². The predicted octanol–water partition coefficient (Wildman–Crippen LogP) is -0.297. The van der Waals surface area contributed by atoms with Gasteiger partial charge in [-0.2, -0.15) is 0 Å². The molecule has 3 rings (SSSR count).